The first-order valence-corrected chi connectivity index (χ1v) is 5.49. The van der Waals surface area contributed by atoms with Gasteiger partial charge < -0.3 is 10.4 Å². The van der Waals surface area contributed by atoms with Crippen molar-refractivity contribution in [3.63, 3.8) is 0 Å². The van der Waals surface area contributed by atoms with E-state index in [4.69, 9.17) is 10.4 Å². The van der Waals surface area contributed by atoms with E-state index in [-0.39, 0.29) is 17.7 Å². The molecule has 0 fully saturated rings. The van der Waals surface area contributed by atoms with Crippen LogP contribution in [0.4, 0.5) is 10.1 Å². The molecule has 0 unspecified atom stereocenters. The van der Waals surface area contributed by atoms with E-state index in [1.807, 2.05) is 0 Å². The zero-order valence-electron chi connectivity index (χ0n) is 10.5. The molecule has 6 heteroatoms. The van der Waals surface area contributed by atoms with E-state index in [0.29, 0.717) is 0 Å². The van der Waals surface area contributed by atoms with Crippen molar-refractivity contribution in [2.45, 2.75) is 20.3 Å². The highest BCUT2D eigenvalue weighted by atomic mass is 19.1. The molecule has 19 heavy (non-hydrogen) atoms. The summed E-state index contributed by atoms with van der Waals surface area (Å²) in [7, 11) is 0. The lowest BCUT2D eigenvalue weighted by Crippen LogP contribution is -2.29. The van der Waals surface area contributed by atoms with Gasteiger partial charge in [0, 0.05) is 6.42 Å². The fraction of sp³-hybridized carbons (Fsp3) is 0.308. The van der Waals surface area contributed by atoms with Crippen LogP contribution in [0.5, 0.6) is 0 Å². The van der Waals surface area contributed by atoms with Crippen LogP contribution in [0.25, 0.3) is 0 Å². The zero-order valence-corrected chi connectivity index (χ0v) is 10.5. The minimum Gasteiger partial charge on any atom is -0.481 e. The van der Waals surface area contributed by atoms with Crippen molar-refractivity contribution in [2.24, 2.45) is 5.41 Å². The van der Waals surface area contributed by atoms with Gasteiger partial charge in [-0.2, -0.15) is 5.26 Å². The Bertz CT molecular complexity index is 561. The molecule has 0 aliphatic rings. The number of nitrogens with one attached hydrogen (secondary N) is 1. The van der Waals surface area contributed by atoms with E-state index < -0.39 is 23.1 Å². The van der Waals surface area contributed by atoms with Crippen LogP contribution in [0.2, 0.25) is 0 Å². The van der Waals surface area contributed by atoms with E-state index in [1.165, 1.54) is 19.9 Å². The summed E-state index contributed by atoms with van der Waals surface area (Å²) in [6.07, 6.45) is -0.245. The van der Waals surface area contributed by atoms with Crippen LogP contribution < -0.4 is 5.32 Å². The molecule has 0 bridgehead atoms. The third-order valence-electron chi connectivity index (χ3n) is 2.56. The minimum absolute atomic E-state index is 0.0125. The van der Waals surface area contributed by atoms with Gasteiger partial charge in [0.05, 0.1) is 16.7 Å². The van der Waals surface area contributed by atoms with Crippen molar-refractivity contribution >= 4 is 17.6 Å². The summed E-state index contributed by atoms with van der Waals surface area (Å²) in [6.45, 7) is 2.84. The van der Waals surface area contributed by atoms with Gasteiger partial charge in [0.1, 0.15) is 11.9 Å². The molecule has 100 valence electrons. The predicted octanol–water partition coefficient (Wildman–Crippen LogP) is 2.14. The summed E-state index contributed by atoms with van der Waals surface area (Å²) < 4.78 is 12.9. The average Bonchev–Trinajstić information content (AvgIpc) is 2.30. The van der Waals surface area contributed by atoms with Crippen LogP contribution in [-0.2, 0) is 9.59 Å². The Hall–Kier alpha value is -2.42. The zero-order chi connectivity index (χ0) is 14.6. The standard InChI is InChI=1S/C13H13FN2O3/c1-13(2,12(18)19)6-11(17)16-10-4-3-9(14)5-8(10)7-15/h3-5H,6H2,1-2H3,(H,16,17)(H,18,19). The van der Waals surface area contributed by atoms with Crippen molar-refractivity contribution in [1.29, 1.82) is 5.26 Å². The Balaban J connectivity index is 2.84. The number of carboxylic acids is 1. The third-order valence-corrected chi connectivity index (χ3v) is 2.56. The van der Waals surface area contributed by atoms with Crippen molar-refractivity contribution in [3.05, 3.63) is 29.6 Å². The van der Waals surface area contributed by atoms with Crippen molar-refractivity contribution in [3.8, 4) is 6.07 Å². The number of nitrogens with zero attached hydrogens (tertiary/aromatic N) is 1. The SMILES string of the molecule is CC(C)(CC(=O)Nc1ccc(F)cc1C#N)C(=O)O. The Labute approximate surface area is 109 Å². The van der Waals surface area contributed by atoms with Gasteiger partial charge in [-0.05, 0) is 32.0 Å². The molecule has 0 radical (unpaired) electrons. The number of rotatable bonds is 4. The Morgan fingerprint density at radius 3 is 2.63 bits per heavy atom. The predicted molar refractivity (Wildman–Crippen MR) is 65.8 cm³/mol. The number of carbonyl (C=O) groups is 2. The molecule has 0 spiro atoms. The molecule has 0 saturated heterocycles. The van der Waals surface area contributed by atoms with Gasteiger partial charge in [-0.1, -0.05) is 0 Å². The number of hydrogen-bond donors (Lipinski definition) is 2. The van der Waals surface area contributed by atoms with Gasteiger partial charge in [0.25, 0.3) is 0 Å². The second-order valence-electron chi connectivity index (χ2n) is 4.72. The lowest BCUT2D eigenvalue weighted by Gasteiger charge is -2.18. The number of nitriles is 1. The lowest BCUT2D eigenvalue weighted by atomic mass is 9.89. The van der Waals surface area contributed by atoms with Crippen LogP contribution in [0.1, 0.15) is 25.8 Å². The van der Waals surface area contributed by atoms with E-state index in [9.17, 15) is 14.0 Å². The molecule has 0 heterocycles. The van der Waals surface area contributed by atoms with Crippen LogP contribution in [-0.4, -0.2) is 17.0 Å². The first-order valence-electron chi connectivity index (χ1n) is 5.49. The van der Waals surface area contributed by atoms with E-state index in [1.54, 1.807) is 6.07 Å². The number of carboxylic acid groups (broad SMARTS) is 1. The summed E-state index contributed by atoms with van der Waals surface area (Å²) in [6, 6.07) is 5.13. The normalized spacial score (nSPS) is 10.6. The number of aliphatic carboxylic acids is 1. The minimum atomic E-state index is -1.21. The molecule has 1 rings (SSSR count). The summed E-state index contributed by atoms with van der Waals surface area (Å²) >= 11 is 0. The quantitative estimate of drug-likeness (QED) is 0.871. The summed E-state index contributed by atoms with van der Waals surface area (Å²) in [5, 5.41) is 20.1. The highest BCUT2D eigenvalue weighted by Gasteiger charge is 2.30. The molecule has 0 aliphatic heterocycles. The summed E-state index contributed by atoms with van der Waals surface area (Å²) in [4.78, 5) is 22.6. The maximum Gasteiger partial charge on any atom is 0.309 e. The first-order chi connectivity index (χ1) is 8.76. The molecular formula is C13H13FN2O3. The van der Waals surface area contributed by atoms with E-state index in [2.05, 4.69) is 5.32 Å². The fourth-order valence-corrected chi connectivity index (χ4v) is 1.39. The first kappa shape index (κ1) is 14.6. The number of anilines is 1. The van der Waals surface area contributed by atoms with E-state index in [0.717, 1.165) is 12.1 Å². The van der Waals surface area contributed by atoms with E-state index >= 15 is 0 Å². The Morgan fingerprint density at radius 2 is 2.11 bits per heavy atom. The second-order valence-corrected chi connectivity index (χ2v) is 4.72. The Kier molecular flexibility index (Phi) is 4.22. The Morgan fingerprint density at radius 1 is 1.47 bits per heavy atom. The number of carbonyl (C=O) groups excluding carboxylic acids is 1. The topological polar surface area (TPSA) is 90.2 Å². The molecule has 0 saturated carbocycles. The highest BCUT2D eigenvalue weighted by molar-refractivity contribution is 5.95. The van der Waals surface area contributed by atoms with Gasteiger partial charge >= 0.3 is 5.97 Å². The van der Waals surface area contributed by atoms with Gasteiger partial charge in [-0.25, -0.2) is 4.39 Å². The molecule has 0 aliphatic carbocycles. The largest absolute Gasteiger partial charge is 0.481 e. The van der Waals surface area contributed by atoms with Gasteiger partial charge in [-0.15, -0.1) is 0 Å². The van der Waals surface area contributed by atoms with Crippen LogP contribution in [0, 0.1) is 22.6 Å². The third kappa shape index (κ3) is 3.78. The number of hydrogen-bond acceptors (Lipinski definition) is 3. The molecule has 0 aromatic heterocycles. The van der Waals surface area contributed by atoms with Crippen LogP contribution in [0.15, 0.2) is 18.2 Å². The van der Waals surface area contributed by atoms with Crippen LogP contribution >= 0.6 is 0 Å². The second kappa shape index (κ2) is 5.48. The molecule has 0 atom stereocenters. The summed E-state index contributed by atoms with van der Waals surface area (Å²) in [5.74, 6) is -2.22. The fourth-order valence-electron chi connectivity index (χ4n) is 1.39. The van der Waals surface area contributed by atoms with Crippen molar-refractivity contribution in [1.82, 2.24) is 0 Å². The molecule has 1 amide bonds. The average molecular weight is 264 g/mol. The van der Waals surface area contributed by atoms with Crippen molar-refractivity contribution < 1.29 is 19.1 Å². The highest BCUT2D eigenvalue weighted by Crippen LogP contribution is 2.22. The number of halogens is 1. The van der Waals surface area contributed by atoms with Gasteiger partial charge in [-0.3, -0.25) is 9.59 Å². The van der Waals surface area contributed by atoms with Gasteiger partial charge in [0.15, 0.2) is 0 Å². The summed E-state index contributed by atoms with van der Waals surface area (Å²) in [5.41, 5.74) is -1.06. The maximum absolute atomic E-state index is 12.9. The molecule has 2 N–H and O–H groups in total. The maximum atomic E-state index is 12.9. The number of benzene rings is 1. The van der Waals surface area contributed by atoms with Crippen molar-refractivity contribution in [2.75, 3.05) is 5.32 Å². The number of amides is 1. The molecule has 5 nitrogen and oxygen atoms in total. The van der Waals surface area contributed by atoms with Crippen LogP contribution in [0.3, 0.4) is 0 Å². The molecule has 1 aromatic rings. The molecule has 1 aromatic carbocycles. The smallest absolute Gasteiger partial charge is 0.309 e. The van der Waals surface area contributed by atoms with Gasteiger partial charge in [0.2, 0.25) is 5.91 Å². The lowest BCUT2D eigenvalue weighted by molar-refractivity contribution is -0.148. The molecular weight excluding hydrogens is 251 g/mol. The monoisotopic (exact) mass is 264 g/mol.